The van der Waals surface area contributed by atoms with Crippen LogP contribution in [0.2, 0.25) is 5.02 Å². The van der Waals surface area contributed by atoms with Gasteiger partial charge in [0.2, 0.25) is 5.91 Å². The van der Waals surface area contributed by atoms with E-state index < -0.39 is 0 Å². The first-order chi connectivity index (χ1) is 9.63. The molecule has 0 aliphatic carbocycles. The minimum Gasteiger partial charge on any atom is -0.364 e. The number of carbonyl (C=O) groups is 1. The average molecular weight is 293 g/mol. The number of hydrogen-bond acceptors (Lipinski definition) is 4. The number of nitriles is 1. The van der Waals surface area contributed by atoms with Gasteiger partial charge in [-0.25, -0.2) is 0 Å². The molecule has 1 saturated heterocycles. The molecule has 1 aromatic rings. The highest BCUT2D eigenvalue weighted by Crippen LogP contribution is 2.25. The maximum Gasteiger partial charge on any atom is 0.242 e. The third-order valence-electron chi connectivity index (χ3n) is 3.36. The summed E-state index contributed by atoms with van der Waals surface area (Å²) in [6.45, 7) is 3.36. The zero-order chi connectivity index (χ0) is 14.5. The molecule has 1 fully saturated rings. The van der Waals surface area contributed by atoms with Crippen LogP contribution in [0, 0.1) is 11.3 Å². The Morgan fingerprint density at radius 3 is 2.85 bits per heavy atom. The maximum atomic E-state index is 12.2. The number of benzene rings is 1. The predicted octanol–water partition coefficient (Wildman–Crippen LogP) is 1.08. The molecule has 1 amide bonds. The summed E-state index contributed by atoms with van der Waals surface area (Å²) in [7, 11) is 1.80. The Bertz CT molecular complexity index is 534. The van der Waals surface area contributed by atoms with Crippen molar-refractivity contribution in [2.24, 2.45) is 0 Å². The number of amides is 1. The molecule has 0 spiro atoms. The Labute approximate surface area is 123 Å². The third kappa shape index (κ3) is 3.21. The van der Waals surface area contributed by atoms with Gasteiger partial charge >= 0.3 is 0 Å². The number of anilines is 1. The zero-order valence-corrected chi connectivity index (χ0v) is 12.2. The summed E-state index contributed by atoms with van der Waals surface area (Å²) < 4.78 is 0. The molecule has 1 aliphatic rings. The van der Waals surface area contributed by atoms with Crippen molar-refractivity contribution in [3.8, 4) is 6.07 Å². The van der Waals surface area contributed by atoms with Crippen molar-refractivity contribution >= 4 is 23.2 Å². The molecule has 1 heterocycles. The quantitative estimate of drug-likeness (QED) is 0.906. The minimum atomic E-state index is 0.0675. The van der Waals surface area contributed by atoms with E-state index in [0.29, 0.717) is 16.3 Å². The van der Waals surface area contributed by atoms with Crippen LogP contribution < -0.4 is 10.2 Å². The molecule has 0 unspecified atom stereocenters. The molecule has 106 valence electrons. The molecule has 1 aliphatic heterocycles. The van der Waals surface area contributed by atoms with Crippen LogP contribution in [0.25, 0.3) is 0 Å². The van der Waals surface area contributed by atoms with Gasteiger partial charge in [0.25, 0.3) is 0 Å². The average Bonchev–Trinajstić information content (AvgIpc) is 2.47. The monoisotopic (exact) mass is 292 g/mol. The summed E-state index contributed by atoms with van der Waals surface area (Å²) in [5.74, 6) is 0.0675. The summed E-state index contributed by atoms with van der Waals surface area (Å²) in [5.41, 5.74) is 1.09. The number of rotatable bonds is 3. The van der Waals surface area contributed by atoms with E-state index >= 15 is 0 Å². The molecular weight excluding hydrogens is 276 g/mol. The second-order valence-corrected chi connectivity index (χ2v) is 5.14. The summed E-state index contributed by atoms with van der Waals surface area (Å²) in [6, 6.07) is 7.35. The predicted molar refractivity (Wildman–Crippen MR) is 78.9 cm³/mol. The van der Waals surface area contributed by atoms with Crippen molar-refractivity contribution < 1.29 is 4.79 Å². The molecule has 2 rings (SSSR count). The highest BCUT2D eigenvalue weighted by atomic mass is 35.5. The third-order valence-corrected chi connectivity index (χ3v) is 3.67. The Balaban J connectivity index is 2.08. The van der Waals surface area contributed by atoms with Crippen LogP contribution in [0.4, 0.5) is 5.69 Å². The fourth-order valence-corrected chi connectivity index (χ4v) is 2.46. The highest BCUT2D eigenvalue weighted by Gasteiger charge is 2.19. The van der Waals surface area contributed by atoms with Crippen molar-refractivity contribution in [2.45, 2.75) is 0 Å². The fourth-order valence-electron chi connectivity index (χ4n) is 2.24. The number of likely N-dealkylation sites (N-methyl/N-ethyl adjacent to an activating group) is 1. The fraction of sp³-hybridized carbons (Fsp3) is 0.429. The molecule has 0 bridgehead atoms. The van der Waals surface area contributed by atoms with Gasteiger partial charge in [0.1, 0.15) is 6.07 Å². The molecule has 20 heavy (non-hydrogen) atoms. The van der Waals surface area contributed by atoms with Gasteiger partial charge in [-0.1, -0.05) is 17.7 Å². The van der Waals surface area contributed by atoms with Crippen LogP contribution in [-0.2, 0) is 4.79 Å². The van der Waals surface area contributed by atoms with Crippen LogP contribution in [0.1, 0.15) is 5.56 Å². The first-order valence-corrected chi connectivity index (χ1v) is 6.89. The molecule has 1 aromatic carbocycles. The topological polar surface area (TPSA) is 59.4 Å². The summed E-state index contributed by atoms with van der Waals surface area (Å²) in [5, 5.41) is 12.8. The Morgan fingerprint density at radius 1 is 1.50 bits per heavy atom. The van der Waals surface area contributed by atoms with Crippen molar-refractivity contribution in [3.63, 3.8) is 0 Å². The smallest absolute Gasteiger partial charge is 0.242 e. The SMILES string of the molecule is CN(CC(=O)N1CCNCC1)c1cccc(Cl)c1C#N. The Morgan fingerprint density at radius 2 is 2.20 bits per heavy atom. The maximum absolute atomic E-state index is 12.2. The van der Waals surface area contributed by atoms with Crippen LogP contribution in [-0.4, -0.2) is 50.6 Å². The molecular formula is C14H17ClN4O. The normalized spacial score (nSPS) is 14.8. The van der Waals surface area contributed by atoms with Gasteiger partial charge in [0.15, 0.2) is 0 Å². The number of nitrogens with one attached hydrogen (secondary N) is 1. The lowest BCUT2D eigenvalue weighted by Crippen LogP contribution is -2.49. The molecule has 0 atom stereocenters. The van der Waals surface area contributed by atoms with Crippen LogP contribution >= 0.6 is 11.6 Å². The summed E-state index contributed by atoms with van der Waals surface area (Å²) >= 11 is 6.01. The molecule has 0 radical (unpaired) electrons. The highest BCUT2D eigenvalue weighted by molar-refractivity contribution is 6.32. The second-order valence-electron chi connectivity index (χ2n) is 4.73. The van der Waals surface area contributed by atoms with Crippen molar-refractivity contribution in [2.75, 3.05) is 44.7 Å². The van der Waals surface area contributed by atoms with E-state index in [0.717, 1.165) is 26.2 Å². The summed E-state index contributed by atoms with van der Waals surface area (Å²) in [6.07, 6.45) is 0. The van der Waals surface area contributed by atoms with E-state index in [1.807, 2.05) is 4.90 Å². The second kappa shape index (κ2) is 6.60. The van der Waals surface area contributed by atoms with Crippen LogP contribution in [0.5, 0.6) is 0 Å². The largest absolute Gasteiger partial charge is 0.364 e. The van der Waals surface area contributed by atoms with E-state index in [-0.39, 0.29) is 12.5 Å². The van der Waals surface area contributed by atoms with E-state index in [4.69, 9.17) is 16.9 Å². The van der Waals surface area contributed by atoms with Gasteiger partial charge < -0.3 is 15.1 Å². The standard InChI is InChI=1S/C14H17ClN4O/c1-18(10-14(20)19-7-5-17-6-8-19)13-4-2-3-12(15)11(13)9-16/h2-4,17H,5-8,10H2,1H3. The van der Waals surface area contributed by atoms with Gasteiger partial charge in [0, 0.05) is 33.2 Å². The lowest BCUT2D eigenvalue weighted by Gasteiger charge is -2.30. The zero-order valence-electron chi connectivity index (χ0n) is 11.4. The number of carbonyl (C=O) groups excluding carboxylic acids is 1. The molecule has 6 heteroatoms. The van der Waals surface area contributed by atoms with Crippen molar-refractivity contribution in [1.82, 2.24) is 10.2 Å². The first-order valence-electron chi connectivity index (χ1n) is 6.51. The van der Waals surface area contributed by atoms with Gasteiger partial charge in [-0.05, 0) is 12.1 Å². The van der Waals surface area contributed by atoms with Gasteiger partial charge in [-0.3, -0.25) is 4.79 Å². The van der Waals surface area contributed by atoms with Gasteiger partial charge in [-0.15, -0.1) is 0 Å². The van der Waals surface area contributed by atoms with Crippen LogP contribution in [0.15, 0.2) is 18.2 Å². The molecule has 0 aromatic heterocycles. The lowest BCUT2D eigenvalue weighted by atomic mass is 10.1. The van der Waals surface area contributed by atoms with E-state index in [1.165, 1.54) is 0 Å². The van der Waals surface area contributed by atoms with E-state index in [9.17, 15) is 4.79 Å². The Kier molecular flexibility index (Phi) is 4.83. The Hall–Kier alpha value is -1.77. The number of nitrogens with zero attached hydrogens (tertiary/aromatic N) is 3. The number of hydrogen-bond donors (Lipinski definition) is 1. The molecule has 5 nitrogen and oxygen atoms in total. The minimum absolute atomic E-state index is 0.0675. The lowest BCUT2D eigenvalue weighted by molar-refractivity contribution is -0.130. The first kappa shape index (κ1) is 14.6. The van der Waals surface area contributed by atoms with E-state index in [1.54, 1.807) is 30.1 Å². The van der Waals surface area contributed by atoms with Crippen LogP contribution in [0.3, 0.4) is 0 Å². The van der Waals surface area contributed by atoms with E-state index in [2.05, 4.69) is 11.4 Å². The number of piperazine rings is 1. The molecule has 0 saturated carbocycles. The molecule has 1 N–H and O–H groups in total. The van der Waals surface area contributed by atoms with Gasteiger partial charge in [0.05, 0.1) is 22.8 Å². The van der Waals surface area contributed by atoms with Crippen molar-refractivity contribution in [1.29, 1.82) is 5.26 Å². The number of halogens is 1. The van der Waals surface area contributed by atoms with Crippen molar-refractivity contribution in [3.05, 3.63) is 28.8 Å². The van der Waals surface area contributed by atoms with Gasteiger partial charge in [-0.2, -0.15) is 5.26 Å². The summed E-state index contributed by atoms with van der Waals surface area (Å²) in [4.78, 5) is 15.8.